The number of aromatic nitrogens is 1. The fourth-order valence-corrected chi connectivity index (χ4v) is 3.99. The summed E-state index contributed by atoms with van der Waals surface area (Å²) >= 11 is 1.69. The summed E-state index contributed by atoms with van der Waals surface area (Å²) in [5.41, 5.74) is 3.27. The molecule has 0 fully saturated rings. The number of nitrogens with one attached hydrogen (secondary N) is 1. The van der Waals surface area contributed by atoms with Gasteiger partial charge in [-0.1, -0.05) is 54.2 Å². The van der Waals surface area contributed by atoms with E-state index >= 15 is 0 Å². The lowest BCUT2D eigenvalue weighted by Gasteiger charge is -2.17. The van der Waals surface area contributed by atoms with Gasteiger partial charge in [0.05, 0.1) is 12.1 Å². The lowest BCUT2D eigenvalue weighted by atomic mass is 10.0. The summed E-state index contributed by atoms with van der Waals surface area (Å²) in [6.45, 7) is 0.802. The minimum Gasteiger partial charge on any atom is -0.396 e. The highest BCUT2D eigenvalue weighted by Crippen LogP contribution is 2.29. The minimum absolute atomic E-state index is 0.0175. The predicted molar refractivity (Wildman–Crippen MR) is 114 cm³/mol. The quantitative estimate of drug-likeness (QED) is 0.683. The van der Waals surface area contributed by atoms with E-state index in [9.17, 15) is 5.11 Å². The molecule has 2 heterocycles. The molecule has 1 aliphatic heterocycles. The zero-order chi connectivity index (χ0) is 18.5. The molecular formula is C22H21N3OS. The van der Waals surface area contributed by atoms with Crippen molar-refractivity contribution in [3.05, 3.63) is 82.9 Å². The van der Waals surface area contributed by atoms with Gasteiger partial charge >= 0.3 is 0 Å². The Kier molecular flexibility index (Phi) is 5.63. The third kappa shape index (κ3) is 4.45. The SMILES string of the molecule is OCC(CNC1N=C/C(=C/c2ccc3ncccc3c2)S1)c1ccccc1. The first-order valence-corrected chi connectivity index (χ1v) is 9.85. The van der Waals surface area contributed by atoms with Gasteiger partial charge < -0.3 is 5.11 Å². The van der Waals surface area contributed by atoms with Crippen molar-refractivity contribution in [3.8, 4) is 0 Å². The lowest BCUT2D eigenvalue weighted by molar-refractivity contribution is 0.261. The van der Waals surface area contributed by atoms with E-state index in [2.05, 4.69) is 39.6 Å². The molecule has 2 aromatic carbocycles. The fourth-order valence-electron chi connectivity index (χ4n) is 3.10. The number of hydrogen-bond donors (Lipinski definition) is 2. The van der Waals surface area contributed by atoms with E-state index in [4.69, 9.17) is 0 Å². The molecule has 4 nitrogen and oxygen atoms in total. The maximum absolute atomic E-state index is 9.69. The summed E-state index contributed by atoms with van der Waals surface area (Å²) in [5.74, 6) is 0.0722. The molecule has 136 valence electrons. The minimum atomic E-state index is -0.0175. The topological polar surface area (TPSA) is 57.5 Å². The van der Waals surface area contributed by atoms with Crippen molar-refractivity contribution in [2.45, 2.75) is 11.4 Å². The maximum atomic E-state index is 9.69. The average Bonchev–Trinajstić information content (AvgIpc) is 3.16. The van der Waals surface area contributed by atoms with Crippen LogP contribution >= 0.6 is 11.8 Å². The Hall–Kier alpha value is -2.47. The van der Waals surface area contributed by atoms with Crippen LogP contribution in [-0.2, 0) is 0 Å². The van der Waals surface area contributed by atoms with Gasteiger partial charge in [-0.05, 0) is 35.4 Å². The van der Waals surface area contributed by atoms with Crippen LogP contribution in [0.5, 0.6) is 0 Å². The molecule has 0 aliphatic carbocycles. The van der Waals surface area contributed by atoms with Crippen molar-refractivity contribution >= 4 is 35.0 Å². The van der Waals surface area contributed by atoms with Crippen molar-refractivity contribution in [2.24, 2.45) is 4.99 Å². The molecule has 27 heavy (non-hydrogen) atoms. The Balaban J connectivity index is 1.38. The van der Waals surface area contributed by atoms with Gasteiger partial charge in [-0.15, -0.1) is 0 Å². The summed E-state index contributed by atoms with van der Waals surface area (Å²) in [5, 5.41) is 14.3. The van der Waals surface area contributed by atoms with Crippen molar-refractivity contribution in [1.82, 2.24) is 10.3 Å². The highest BCUT2D eigenvalue weighted by atomic mass is 32.2. The van der Waals surface area contributed by atoms with Crippen LogP contribution in [0.1, 0.15) is 17.0 Å². The van der Waals surface area contributed by atoms with Gasteiger partial charge in [0.15, 0.2) is 5.50 Å². The highest BCUT2D eigenvalue weighted by molar-refractivity contribution is 8.04. The molecule has 2 N–H and O–H groups in total. The van der Waals surface area contributed by atoms with Gasteiger partial charge in [0, 0.05) is 35.2 Å². The van der Waals surface area contributed by atoms with E-state index in [0.717, 1.165) is 26.9 Å². The van der Waals surface area contributed by atoms with Gasteiger partial charge in [0.1, 0.15) is 0 Å². The van der Waals surface area contributed by atoms with Crippen molar-refractivity contribution < 1.29 is 5.11 Å². The second kappa shape index (κ2) is 8.48. The molecule has 2 atom stereocenters. The van der Waals surface area contributed by atoms with Gasteiger partial charge in [-0.3, -0.25) is 15.3 Å². The summed E-state index contributed by atoms with van der Waals surface area (Å²) in [4.78, 5) is 10.0. The number of aliphatic hydroxyl groups excluding tert-OH is 1. The smallest absolute Gasteiger partial charge is 0.151 e. The van der Waals surface area contributed by atoms with Gasteiger partial charge in [-0.25, -0.2) is 0 Å². The number of rotatable bonds is 6. The normalized spacial score (nSPS) is 19.0. The molecule has 0 spiro atoms. The summed E-state index contributed by atoms with van der Waals surface area (Å²) in [6.07, 6.45) is 5.86. The van der Waals surface area contributed by atoms with E-state index in [1.165, 1.54) is 0 Å². The fraction of sp³-hybridized carbons (Fsp3) is 0.182. The molecule has 0 bridgehead atoms. The standard InChI is InChI=1S/C22H21N3OS/c26-15-19(17-5-2-1-3-6-17)13-24-22-25-14-20(27-22)12-16-8-9-21-18(11-16)7-4-10-23-21/h1-12,14,19,22,24,26H,13,15H2/b20-12-. The van der Waals surface area contributed by atoms with Gasteiger partial charge in [0.2, 0.25) is 0 Å². The Labute approximate surface area is 163 Å². The Morgan fingerprint density at radius 3 is 2.85 bits per heavy atom. The third-order valence-electron chi connectivity index (χ3n) is 4.55. The summed E-state index contributed by atoms with van der Waals surface area (Å²) in [7, 11) is 0. The van der Waals surface area contributed by atoms with E-state index in [1.54, 1.807) is 11.8 Å². The lowest BCUT2D eigenvalue weighted by Crippen LogP contribution is -2.29. The average molecular weight is 375 g/mol. The monoisotopic (exact) mass is 375 g/mol. The summed E-state index contributed by atoms with van der Waals surface area (Å²) in [6, 6.07) is 20.4. The molecule has 1 aromatic heterocycles. The molecule has 4 rings (SSSR count). The Morgan fingerprint density at radius 2 is 2.00 bits per heavy atom. The molecule has 2 unspecified atom stereocenters. The zero-order valence-corrected chi connectivity index (χ0v) is 15.6. The molecule has 0 amide bonds. The number of thioether (sulfide) groups is 1. The van der Waals surface area contributed by atoms with Gasteiger partial charge in [-0.2, -0.15) is 0 Å². The van der Waals surface area contributed by atoms with Crippen LogP contribution < -0.4 is 5.32 Å². The molecule has 3 aromatic rings. The molecule has 0 saturated carbocycles. The van der Waals surface area contributed by atoms with E-state index in [0.29, 0.717) is 6.54 Å². The first-order valence-electron chi connectivity index (χ1n) is 8.97. The number of fused-ring (bicyclic) bond motifs is 1. The zero-order valence-electron chi connectivity index (χ0n) is 14.8. The predicted octanol–water partition coefficient (Wildman–Crippen LogP) is 4.04. The van der Waals surface area contributed by atoms with Crippen molar-refractivity contribution in [2.75, 3.05) is 13.2 Å². The third-order valence-corrected chi connectivity index (χ3v) is 5.56. The maximum Gasteiger partial charge on any atom is 0.151 e. The van der Waals surface area contributed by atoms with Crippen LogP contribution in [0.25, 0.3) is 17.0 Å². The van der Waals surface area contributed by atoms with Crippen molar-refractivity contribution in [3.63, 3.8) is 0 Å². The number of pyridine rings is 1. The van der Waals surface area contributed by atoms with E-state index < -0.39 is 0 Å². The number of aliphatic hydroxyl groups is 1. The van der Waals surface area contributed by atoms with Crippen molar-refractivity contribution in [1.29, 1.82) is 0 Å². The number of allylic oxidation sites excluding steroid dienone is 1. The van der Waals surface area contributed by atoms with Crippen LogP contribution in [0.4, 0.5) is 0 Å². The molecule has 5 heteroatoms. The number of benzene rings is 2. The Bertz CT molecular complexity index is 971. The molecular weight excluding hydrogens is 354 g/mol. The van der Waals surface area contributed by atoms with Crippen LogP contribution in [0.2, 0.25) is 0 Å². The first-order chi connectivity index (χ1) is 13.3. The van der Waals surface area contributed by atoms with Crippen LogP contribution in [0, 0.1) is 0 Å². The van der Waals surface area contributed by atoms with E-state index in [-0.39, 0.29) is 18.0 Å². The molecule has 0 radical (unpaired) electrons. The van der Waals surface area contributed by atoms with E-state index in [1.807, 2.05) is 54.9 Å². The Morgan fingerprint density at radius 1 is 1.11 bits per heavy atom. The van der Waals surface area contributed by atoms with Crippen LogP contribution in [0.3, 0.4) is 0 Å². The second-order valence-electron chi connectivity index (χ2n) is 6.45. The number of aliphatic imine (C=N–C) groups is 1. The van der Waals surface area contributed by atoms with Gasteiger partial charge in [0.25, 0.3) is 0 Å². The molecule has 1 aliphatic rings. The first kappa shape index (κ1) is 17.9. The molecule has 0 saturated heterocycles. The number of hydrogen-bond acceptors (Lipinski definition) is 5. The second-order valence-corrected chi connectivity index (χ2v) is 7.60. The van der Waals surface area contributed by atoms with Crippen LogP contribution in [0.15, 0.2) is 76.8 Å². The highest BCUT2D eigenvalue weighted by Gasteiger charge is 2.18. The summed E-state index contributed by atoms with van der Waals surface area (Å²) < 4.78 is 0. The largest absolute Gasteiger partial charge is 0.396 e. The van der Waals surface area contributed by atoms with Crippen LogP contribution in [-0.4, -0.2) is 35.0 Å². The number of nitrogens with zero attached hydrogens (tertiary/aromatic N) is 2.